The Morgan fingerprint density at radius 2 is 1.00 bits per heavy atom. The van der Waals surface area contributed by atoms with Gasteiger partial charge < -0.3 is 4.79 Å². The van der Waals surface area contributed by atoms with E-state index < -0.39 is 0 Å². The summed E-state index contributed by atoms with van der Waals surface area (Å²) in [7, 11) is 0. The highest BCUT2D eigenvalue weighted by Crippen LogP contribution is 2.10. The zero-order valence-corrected chi connectivity index (χ0v) is 20.2. The molecule has 1 aliphatic rings. The number of Topliss-reactive ketones (excluding diaryl/α,β-unsaturated/α-hetero) is 4. The van der Waals surface area contributed by atoms with Gasteiger partial charge in [0.1, 0.15) is 29.4 Å². The van der Waals surface area contributed by atoms with Crippen LogP contribution in [0.3, 0.4) is 0 Å². The predicted octanol–water partition coefficient (Wildman–Crippen LogP) is -0.0883. The number of ketones is 4. The van der Waals surface area contributed by atoms with Crippen LogP contribution in [0.4, 0.5) is 0 Å². The molecule has 0 aromatic rings. The zero-order chi connectivity index (χ0) is 24.1. The van der Waals surface area contributed by atoms with Crippen LogP contribution in [0.25, 0.3) is 0 Å². The van der Waals surface area contributed by atoms with Crippen LogP contribution in [0.1, 0.15) is 40.5 Å². The average Bonchev–Trinajstić information content (AvgIpc) is 2.68. The van der Waals surface area contributed by atoms with Crippen molar-refractivity contribution in [3.8, 4) is 0 Å². The van der Waals surface area contributed by atoms with Crippen molar-refractivity contribution in [3.63, 3.8) is 0 Å². The standard InChI is InChI=1S/C23H40N4O5/c1-19(29)16-24-7-9-25(17-20(2)30)11-13-27(23(22(4)32)6-5-15-28)14-12-26(10-8-24)18-21(3)31/h15,23H,5-14,16-18H2,1-4H3. The minimum Gasteiger partial charge on any atom is -0.303 e. The lowest BCUT2D eigenvalue weighted by atomic mass is 10.1. The van der Waals surface area contributed by atoms with Crippen molar-refractivity contribution in [2.24, 2.45) is 0 Å². The summed E-state index contributed by atoms with van der Waals surface area (Å²) in [6.45, 7) is 12.1. The highest BCUT2D eigenvalue weighted by Gasteiger charge is 2.25. The molecule has 9 nitrogen and oxygen atoms in total. The molecule has 0 aliphatic carbocycles. The third kappa shape index (κ3) is 11.7. The fraction of sp³-hybridized carbons (Fsp3) is 0.783. The molecule has 1 fully saturated rings. The van der Waals surface area contributed by atoms with Crippen LogP contribution in [0, 0.1) is 0 Å². The van der Waals surface area contributed by atoms with Crippen molar-refractivity contribution in [2.75, 3.05) is 72.0 Å². The normalized spacial score (nSPS) is 19.5. The van der Waals surface area contributed by atoms with Gasteiger partial charge in [0, 0.05) is 58.8 Å². The summed E-state index contributed by atoms with van der Waals surface area (Å²) in [5.74, 6) is 0.235. The lowest BCUT2D eigenvalue weighted by molar-refractivity contribution is -0.124. The van der Waals surface area contributed by atoms with E-state index in [1.165, 1.54) is 0 Å². The van der Waals surface area contributed by atoms with Gasteiger partial charge in [-0.05, 0) is 34.1 Å². The second-order valence-corrected chi connectivity index (χ2v) is 8.84. The molecule has 0 amide bonds. The number of nitrogens with zero attached hydrogens (tertiary/aromatic N) is 4. The summed E-state index contributed by atoms with van der Waals surface area (Å²) in [6, 6.07) is -0.365. The Labute approximate surface area is 192 Å². The number of hydrogen-bond acceptors (Lipinski definition) is 9. The molecule has 1 saturated heterocycles. The van der Waals surface area contributed by atoms with Crippen molar-refractivity contribution < 1.29 is 24.0 Å². The Kier molecular flexibility index (Phi) is 13.3. The van der Waals surface area contributed by atoms with E-state index in [9.17, 15) is 24.0 Å². The molecule has 1 heterocycles. The van der Waals surface area contributed by atoms with E-state index in [2.05, 4.69) is 19.6 Å². The first-order chi connectivity index (χ1) is 15.1. The fourth-order valence-corrected chi connectivity index (χ4v) is 4.15. The van der Waals surface area contributed by atoms with Crippen LogP contribution in [-0.2, 0) is 24.0 Å². The SMILES string of the molecule is CC(=O)CN1CCN(CC(C)=O)CCN(C(CCC=O)C(C)=O)CCN(CC(C)=O)CC1. The molecule has 0 aromatic heterocycles. The monoisotopic (exact) mass is 452 g/mol. The van der Waals surface area contributed by atoms with E-state index in [1.54, 1.807) is 27.7 Å². The third-order valence-corrected chi connectivity index (χ3v) is 5.68. The van der Waals surface area contributed by atoms with E-state index in [4.69, 9.17) is 0 Å². The van der Waals surface area contributed by atoms with Crippen molar-refractivity contribution in [1.82, 2.24) is 19.6 Å². The van der Waals surface area contributed by atoms with Gasteiger partial charge in [-0.1, -0.05) is 0 Å². The maximum atomic E-state index is 12.4. The number of carbonyl (C=O) groups excluding carboxylic acids is 5. The first-order valence-electron chi connectivity index (χ1n) is 11.5. The van der Waals surface area contributed by atoms with Crippen molar-refractivity contribution in [1.29, 1.82) is 0 Å². The van der Waals surface area contributed by atoms with Crippen LogP contribution < -0.4 is 0 Å². The fourth-order valence-electron chi connectivity index (χ4n) is 4.15. The van der Waals surface area contributed by atoms with Gasteiger partial charge in [0.25, 0.3) is 0 Å². The lowest BCUT2D eigenvalue weighted by Crippen LogP contribution is -2.51. The summed E-state index contributed by atoms with van der Waals surface area (Å²) in [5.41, 5.74) is 0. The quantitative estimate of drug-likeness (QED) is 0.398. The van der Waals surface area contributed by atoms with Crippen molar-refractivity contribution in [2.45, 2.75) is 46.6 Å². The smallest absolute Gasteiger partial charge is 0.146 e. The Balaban J connectivity index is 3.09. The van der Waals surface area contributed by atoms with E-state index in [0.717, 1.165) is 6.29 Å². The topological polar surface area (TPSA) is 98.3 Å². The average molecular weight is 453 g/mol. The summed E-state index contributed by atoms with van der Waals surface area (Å²) in [6.07, 6.45) is 1.61. The Morgan fingerprint density at radius 3 is 1.28 bits per heavy atom. The summed E-state index contributed by atoms with van der Waals surface area (Å²) in [4.78, 5) is 66.9. The molecule has 0 aromatic carbocycles. The van der Waals surface area contributed by atoms with Gasteiger partial charge >= 0.3 is 0 Å². The molecule has 1 atom stereocenters. The molecule has 0 N–H and O–H groups in total. The van der Waals surface area contributed by atoms with Crippen molar-refractivity contribution >= 4 is 29.4 Å². The molecule has 9 heteroatoms. The summed E-state index contributed by atoms with van der Waals surface area (Å²) >= 11 is 0. The predicted molar refractivity (Wildman–Crippen MR) is 123 cm³/mol. The van der Waals surface area contributed by atoms with Gasteiger partial charge in [-0.3, -0.25) is 38.8 Å². The summed E-state index contributed by atoms with van der Waals surface area (Å²) < 4.78 is 0. The highest BCUT2D eigenvalue weighted by atomic mass is 16.1. The molecule has 0 saturated carbocycles. The van der Waals surface area contributed by atoms with E-state index in [1.807, 2.05) is 0 Å². The van der Waals surface area contributed by atoms with E-state index >= 15 is 0 Å². The molecular formula is C23H40N4O5. The molecular weight excluding hydrogens is 412 g/mol. The molecule has 1 rings (SSSR count). The van der Waals surface area contributed by atoms with Gasteiger partial charge in [-0.25, -0.2) is 0 Å². The Hall–Kier alpha value is -1.81. The second kappa shape index (κ2) is 15.1. The molecule has 182 valence electrons. The first kappa shape index (κ1) is 28.2. The molecule has 0 radical (unpaired) electrons. The minimum absolute atomic E-state index is 0.0165. The molecule has 1 unspecified atom stereocenters. The minimum atomic E-state index is -0.365. The molecule has 0 spiro atoms. The molecule has 0 bridgehead atoms. The van der Waals surface area contributed by atoms with Crippen LogP contribution in [0.2, 0.25) is 0 Å². The van der Waals surface area contributed by atoms with Crippen LogP contribution in [0.5, 0.6) is 0 Å². The van der Waals surface area contributed by atoms with Gasteiger partial charge in [0.15, 0.2) is 0 Å². The number of carbonyl (C=O) groups is 5. The maximum Gasteiger partial charge on any atom is 0.146 e. The van der Waals surface area contributed by atoms with Gasteiger partial charge in [-0.15, -0.1) is 0 Å². The third-order valence-electron chi connectivity index (χ3n) is 5.68. The lowest BCUT2D eigenvalue weighted by Gasteiger charge is -2.36. The van der Waals surface area contributed by atoms with Crippen LogP contribution in [0.15, 0.2) is 0 Å². The van der Waals surface area contributed by atoms with Crippen molar-refractivity contribution in [3.05, 3.63) is 0 Å². The zero-order valence-electron chi connectivity index (χ0n) is 20.2. The Bertz CT molecular complexity index is 622. The highest BCUT2D eigenvalue weighted by molar-refractivity contribution is 5.81. The van der Waals surface area contributed by atoms with Gasteiger partial charge in [-0.2, -0.15) is 0 Å². The summed E-state index contributed by atoms with van der Waals surface area (Å²) in [5, 5.41) is 0. The Morgan fingerprint density at radius 1 is 0.656 bits per heavy atom. The largest absolute Gasteiger partial charge is 0.303 e. The van der Waals surface area contributed by atoms with Crippen LogP contribution in [-0.4, -0.2) is 127 Å². The molecule has 32 heavy (non-hydrogen) atoms. The number of rotatable bonds is 11. The number of hydrogen-bond donors (Lipinski definition) is 0. The number of aldehydes is 1. The van der Waals surface area contributed by atoms with Gasteiger partial charge in [0.2, 0.25) is 0 Å². The van der Waals surface area contributed by atoms with Crippen LogP contribution >= 0.6 is 0 Å². The van der Waals surface area contributed by atoms with Gasteiger partial charge in [0.05, 0.1) is 25.7 Å². The second-order valence-electron chi connectivity index (χ2n) is 8.84. The van der Waals surface area contributed by atoms with E-state index in [0.29, 0.717) is 84.8 Å². The molecule has 1 aliphatic heterocycles. The maximum absolute atomic E-state index is 12.4. The van der Waals surface area contributed by atoms with E-state index in [-0.39, 0.29) is 29.2 Å². The first-order valence-corrected chi connectivity index (χ1v) is 11.5.